The predicted octanol–water partition coefficient (Wildman–Crippen LogP) is 6.17. The average molecular weight is 482 g/mol. The van der Waals surface area contributed by atoms with Crippen LogP contribution in [0.2, 0.25) is 0 Å². The van der Waals surface area contributed by atoms with Gasteiger partial charge < -0.3 is 14.6 Å². The summed E-state index contributed by atoms with van der Waals surface area (Å²) < 4.78 is 6.61. The van der Waals surface area contributed by atoms with Gasteiger partial charge in [-0.2, -0.15) is 0 Å². The molecule has 1 saturated heterocycles. The zero-order valence-electron chi connectivity index (χ0n) is 21.0. The summed E-state index contributed by atoms with van der Waals surface area (Å²) >= 11 is 0. The lowest BCUT2D eigenvalue weighted by Gasteiger charge is -2.33. The third-order valence-electron chi connectivity index (χ3n) is 7.23. The number of para-hydroxylation sites is 1. The molecule has 5 rings (SSSR count). The molecular weight excluding hydrogens is 450 g/mol. The third-order valence-corrected chi connectivity index (χ3v) is 7.23. The fraction of sp³-hybridized carbons (Fsp3) is 0.300. The highest BCUT2D eigenvalue weighted by Crippen LogP contribution is 2.35. The van der Waals surface area contributed by atoms with E-state index in [1.54, 1.807) is 12.3 Å². The number of aromatic nitrogens is 1. The highest BCUT2D eigenvalue weighted by molar-refractivity contribution is 5.85. The number of fused-ring (bicyclic) bond motifs is 1. The molecule has 6 heteroatoms. The van der Waals surface area contributed by atoms with Crippen molar-refractivity contribution in [2.24, 2.45) is 0 Å². The molecule has 0 aliphatic carbocycles. The van der Waals surface area contributed by atoms with Gasteiger partial charge in [-0.1, -0.05) is 18.2 Å². The summed E-state index contributed by atoms with van der Waals surface area (Å²) in [4.78, 5) is 31.6. The second-order valence-electron chi connectivity index (χ2n) is 9.69. The quantitative estimate of drug-likeness (QED) is 0.332. The maximum atomic E-state index is 13.5. The molecule has 36 heavy (non-hydrogen) atoms. The number of carbonyl (C=O) groups is 1. The second-order valence-corrected chi connectivity index (χ2v) is 9.69. The topological polar surface area (TPSA) is 75.4 Å². The van der Waals surface area contributed by atoms with E-state index in [9.17, 15) is 9.59 Å². The first-order valence-electron chi connectivity index (χ1n) is 12.5. The number of pyridine rings is 1. The van der Waals surface area contributed by atoms with Gasteiger partial charge in [-0.05, 0) is 69.5 Å². The van der Waals surface area contributed by atoms with Gasteiger partial charge >= 0.3 is 0 Å². The maximum Gasteiger partial charge on any atom is 0.195 e. The van der Waals surface area contributed by atoms with E-state index in [2.05, 4.69) is 27.3 Å². The second kappa shape index (κ2) is 9.97. The number of nitrogens with zero attached hydrogens (tertiary/aromatic N) is 2. The summed E-state index contributed by atoms with van der Waals surface area (Å²) in [5, 5.41) is 4.06. The number of hydrogen-bond acceptors (Lipinski definition) is 6. The van der Waals surface area contributed by atoms with Crippen molar-refractivity contribution in [3.63, 3.8) is 0 Å². The van der Waals surface area contributed by atoms with Crippen LogP contribution in [0.15, 0.2) is 70.1 Å². The lowest BCUT2D eigenvalue weighted by Crippen LogP contribution is -2.33. The van der Waals surface area contributed by atoms with Crippen molar-refractivity contribution in [2.45, 2.75) is 45.6 Å². The molecule has 0 amide bonds. The van der Waals surface area contributed by atoms with E-state index in [1.807, 2.05) is 57.3 Å². The van der Waals surface area contributed by atoms with E-state index < -0.39 is 0 Å². The molecule has 6 nitrogen and oxygen atoms in total. The summed E-state index contributed by atoms with van der Waals surface area (Å²) in [5.74, 6) is 0.979. The van der Waals surface area contributed by atoms with Crippen LogP contribution in [0.1, 0.15) is 64.5 Å². The number of rotatable bonds is 6. The number of aldehydes is 1. The lowest BCUT2D eigenvalue weighted by atomic mass is 9.90. The van der Waals surface area contributed by atoms with E-state index in [-0.39, 0.29) is 17.4 Å². The van der Waals surface area contributed by atoms with Crippen LogP contribution in [0, 0.1) is 13.8 Å². The summed E-state index contributed by atoms with van der Waals surface area (Å²) in [7, 11) is 0. The SMILES string of the molecule is Cc1cc(C(C)Nc2ccccc2C=O)c2oc(C3CCN(c4cccnc4)CC3)c(C)c(=O)c2c1. The first-order valence-corrected chi connectivity index (χ1v) is 12.5. The third kappa shape index (κ3) is 4.51. The molecule has 1 atom stereocenters. The van der Waals surface area contributed by atoms with Gasteiger partial charge in [-0.25, -0.2) is 0 Å². The van der Waals surface area contributed by atoms with Crippen molar-refractivity contribution in [3.05, 3.63) is 99.2 Å². The Morgan fingerprint density at radius 3 is 2.61 bits per heavy atom. The van der Waals surface area contributed by atoms with E-state index in [0.29, 0.717) is 22.1 Å². The Hall–Kier alpha value is -3.93. The first kappa shape index (κ1) is 23.8. The molecule has 4 aromatic rings. The highest BCUT2D eigenvalue weighted by Gasteiger charge is 2.27. The molecule has 2 aromatic carbocycles. The Labute approximate surface area is 211 Å². The van der Waals surface area contributed by atoms with Crippen LogP contribution in [-0.4, -0.2) is 24.4 Å². The van der Waals surface area contributed by atoms with Crippen LogP contribution < -0.4 is 15.6 Å². The number of piperidine rings is 1. The van der Waals surface area contributed by atoms with Crippen LogP contribution in [0.5, 0.6) is 0 Å². The zero-order valence-corrected chi connectivity index (χ0v) is 21.0. The van der Waals surface area contributed by atoms with Crippen molar-refractivity contribution in [1.82, 2.24) is 4.98 Å². The van der Waals surface area contributed by atoms with E-state index in [4.69, 9.17) is 4.42 Å². The van der Waals surface area contributed by atoms with Crippen LogP contribution in [-0.2, 0) is 0 Å². The molecule has 0 radical (unpaired) electrons. The smallest absolute Gasteiger partial charge is 0.195 e. The standard InChI is InChI=1S/C30H31N3O3/c1-19-15-25(21(3)32-27-9-5-4-7-23(27)18-34)30-26(16-19)28(35)20(2)29(36-30)22-10-13-33(14-11-22)24-8-6-12-31-17-24/h4-9,12,15-18,21-22,32H,10-11,13-14H2,1-3H3. The molecule has 184 valence electrons. The Morgan fingerprint density at radius 2 is 1.89 bits per heavy atom. The monoisotopic (exact) mass is 481 g/mol. The number of carbonyl (C=O) groups excluding carboxylic acids is 1. The molecule has 3 heterocycles. The van der Waals surface area contributed by atoms with Gasteiger partial charge in [0.2, 0.25) is 0 Å². The van der Waals surface area contributed by atoms with Crippen LogP contribution in [0.4, 0.5) is 11.4 Å². The molecule has 0 spiro atoms. The average Bonchev–Trinajstić information content (AvgIpc) is 2.91. The van der Waals surface area contributed by atoms with Crippen molar-refractivity contribution in [3.8, 4) is 0 Å². The molecule has 2 aromatic heterocycles. The highest BCUT2D eigenvalue weighted by atomic mass is 16.3. The minimum Gasteiger partial charge on any atom is -0.460 e. The number of aryl methyl sites for hydroxylation is 1. The molecule has 1 aliphatic rings. The summed E-state index contributed by atoms with van der Waals surface area (Å²) in [5.41, 5.74) is 5.75. The van der Waals surface area contributed by atoms with Gasteiger partial charge in [0.05, 0.1) is 23.3 Å². The molecule has 1 fully saturated rings. The van der Waals surface area contributed by atoms with Crippen molar-refractivity contribution < 1.29 is 9.21 Å². The number of nitrogens with one attached hydrogen (secondary N) is 1. The van der Waals surface area contributed by atoms with Gasteiger partial charge in [-0.15, -0.1) is 0 Å². The minimum atomic E-state index is -0.167. The number of hydrogen-bond donors (Lipinski definition) is 1. The van der Waals surface area contributed by atoms with Crippen molar-refractivity contribution in [2.75, 3.05) is 23.3 Å². The largest absolute Gasteiger partial charge is 0.460 e. The summed E-state index contributed by atoms with van der Waals surface area (Å²) in [6, 6.07) is 15.3. The maximum absolute atomic E-state index is 13.5. The summed E-state index contributed by atoms with van der Waals surface area (Å²) in [6.45, 7) is 7.68. The number of benzene rings is 2. The molecule has 0 saturated carbocycles. The molecule has 1 unspecified atom stereocenters. The number of anilines is 2. The van der Waals surface area contributed by atoms with Crippen LogP contribution >= 0.6 is 0 Å². The first-order chi connectivity index (χ1) is 17.5. The van der Waals surface area contributed by atoms with Gasteiger partial charge in [0, 0.05) is 47.6 Å². The van der Waals surface area contributed by atoms with Gasteiger partial charge in [0.15, 0.2) is 11.7 Å². The lowest BCUT2D eigenvalue weighted by molar-refractivity contribution is 0.112. The fourth-order valence-corrected chi connectivity index (χ4v) is 5.28. The Bertz CT molecular complexity index is 1450. The Kier molecular flexibility index (Phi) is 6.59. The molecule has 1 aliphatic heterocycles. The van der Waals surface area contributed by atoms with Crippen molar-refractivity contribution >= 4 is 28.6 Å². The van der Waals surface area contributed by atoms with E-state index >= 15 is 0 Å². The van der Waals surface area contributed by atoms with Crippen LogP contribution in [0.25, 0.3) is 11.0 Å². The Morgan fingerprint density at radius 1 is 1.11 bits per heavy atom. The zero-order chi connectivity index (χ0) is 25.2. The normalized spacial score (nSPS) is 15.1. The minimum absolute atomic E-state index is 0.0337. The van der Waals surface area contributed by atoms with E-state index in [1.165, 1.54) is 0 Å². The molecule has 1 N–H and O–H groups in total. The fourth-order valence-electron chi connectivity index (χ4n) is 5.28. The summed E-state index contributed by atoms with van der Waals surface area (Å²) in [6.07, 6.45) is 6.35. The van der Waals surface area contributed by atoms with Gasteiger partial charge in [-0.3, -0.25) is 14.6 Å². The van der Waals surface area contributed by atoms with Crippen molar-refractivity contribution in [1.29, 1.82) is 0 Å². The molecular formula is C30H31N3O3. The van der Waals surface area contributed by atoms with E-state index in [0.717, 1.165) is 60.5 Å². The Balaban J connectivity index is 1.50. The predicted molar refractivity (Wildman–Crippen MR) is 144 cm³/mol. The van der Waals surface area contributed by atoms with Crippen LogP contribution in [0.3, 0.4) is 0 Å². The van der Waals surface area contributed by atoms with Gasteiger partial charge in [0.1, 0.15) is 11.3 Å². The van der Waals surface area contributed by atoms with Gasteiger partial charge in [0.25, 0.3) is 0 Å². The molecule has 0 bridgehead atoms.